The van der Waals surface area contributed by atoms with Gasteiger partial charge in [0.1, 0.15) is 18.0 Å². The van der Waals surface area contributed by atoms with E-state index in [0.717, 1.165) is 14.9 Å². The first-order valence-electron chi connectivity index (χ1n) is 10.2. The molecular formula is C25H16BrCl2FN2O4. The van der Waals surface area contributed by atoms with Crippen LogP contribution in [0.5, 0.6) is 5.75 Å². The van der Waals surface area contributed by atoms with Gasteiger partial charge in [-0.2, -0.15) is 0 Å². The highest BCUT2D eigenvalue weighted by Crippen LogP contribution is 2.36. The number of benzene rings is 3. The Labute approximate surface area is 218 Å². The van der Waals surface area contributed by atoms with Gasteiger partial charge < -0.3 is 4.74 Å². The van der Waals surface area contributed by atoms with Crippen molar-refractivity contribution in [1.29, 1.82) is 0 Å². The number of barbiturate groups is 1. The number of urea groups is 1. The van der Waals surface area contributed by atoms with Crippen molar-refractivity contribution in [1.82, 2.24) is 5.32 Å². The molecule has 10 heteroatoms. The summed E-state index contributed by atoms with van der Waals surface area (Å²) in [5, 5.41) is 2.42. The number of imide groups is 2. The van der Waals surface area contributed by atoms with Crippen LogP contribution in [0.4, 0.5) is 14.9 Å². The molecule has 1 heterocycles. The van der Waals surface area contributed by atoms with Crippen molar-refractivity contribution in [2.75, 3.05) is 4.90 Å². The molecule has 3 aromatic carbocycles. The normalized spacial score (nSPS) is 14.9. The maximum atomic E-state index is 13.4. The third-order valence-electron chi connectivity index (χ3n) is 5.11. The molecule has 178 valence electrons. The van der Waals surface area contributed by atoms with Crippen LogP contribution in [-0.4, -0.2) is 17.8 Å². The summed E-state index contributed by atoms with van der Waals surface area (Å²) in [4.78, 5) is 38.9. The van der Waals surface area contributed by atoms with Crippen LogP contribution in [0.2, 0.25) is 10.0 Å². The Morgan fingerprint density at radius 2 is 1.77 bits per heavy atom. The van der Waals surface area contributed by atoms with E-state index in [2.05, 4.69) is 21.2 Å². The first-order chi connectivity index (χ1) is 16.6. The van der Waals surface area contributed by atoms with E-state index in [1.165, 1.54) is 30.3 Å². The van der Waals surface area contributed by atoms with E-state index in [1.807, 2.05) is 6.92 Å². The topological polar surface area (TPSA) is 75.7 Å². The zero-order valence-corrected chi connectivity index (χ0v) is 21.2. The molecule has 0 aromatic heterocycles. The van der Waals surface area contributed by atoms with E-state index in [-0.39, 0.29) is 28.0 Å². The fourth-order valence-corrected chi connectivity index (χ4v) is 4.27. The van der Waals surface area contributed by atoms with Crippen LogP contribution in [0.3, 0.4) is 0 Å². The standard InChI is InChI=1S/C25H16BrCl2FN2O4/c1-13-7-17(5-6-19(13)26)31-24(33)18(23(32)30-25(31)34)9-15-10-20(27)22(21(28)11-15)35-12-14-3-2-4-16(29)8-14/h2-11H,12H2,1H3,(H,30,32,34)/b18-9+. The van der Waals surface area contributed by atoms with E-state index in [4.69, 9.17) is 27.9 Å². The third kappa shape index (κ3) is 5.40. The van der Waals surface area contributed by atoms with Crippen LogP contribution in [0.15, 0.2) is 64.6 Å². The number of carbonyl (C=O) groups excluding carboxylic acids is 3. The molecule has 0 bridgehead atoms. The summed E-state index contributed by atoms with van der Waals surface area (Å²) >= 11 is 16.0. The zero-order chi connectivity index (χ0) is 25.3. The monoisotopic (exact) mass is 576 g/mol. The molecule has 3 aromatic rings. The number of hydrogen-bond donors (Lipinski definition) is 1. The Bertz CT molecular complexity index is 1390. The maximum absolute atomic E-state index is 13.4. The molecule has 0 saturated carbocycles. The van der Waals surface area contributed by atoms with Crippen LogP contribution in [0.1, 0.15) is 16.7 Å². The Balaban J connectivity index is 1.62. The van der Waals surface area contributed by atoms with Gasteiger partial charge in [-0.3, -0.25) is 14.9 Å². The van der Waals surface area contributed by atoms with E-state index in [0.29, 0.717) is 16.8 Å². The molecule has 35 heavy (non-hydrogen) atoms. The second-order valence-electron chi connectivity index (χ2n) is 7.62. The summed E-state index contributed by atoms with van der Waals surface area (Å²) in [6, 6.07) is 12.9. The number of ether oxygens (including phenoxy) is 1. The highest BCUT2D eigenvalue weighted by Gasteiger charge is 2.37. The fourth-order valence-electron chi connectivity index (χ4n) is 3.41. The number of carbonyl (C=O) groups is 3. The lowest BCUT2D eigenvalue weighted by molar-refractivity contribution is -0.122. The van der Waals surface area contributed by atoms with Gasteiger partial charge in [0.05, 0.1) is 15.7 Å². The van der Waals surface area contributed by atoms with Gasteiger partial charge in [0, 0.05) is 4.47 Å². The average molecular weight is 578 g/mol. The minimum Gasteiger partial charge on any atom is -0.486 e. The highest BCUT2D eigenvalue weighted by atomic mass is 79.9. The van der Waals surface area contributed by atoms with Crippen LogP contribution in [0, 0.1) is 12.7 Å². The Kier molecular flexibility index (Phi) is 7.25. The van der Waals surface area contributed by atoms with Gasteiger partial charge in [-0.15, -0.1) is 0 Å². The number of halogens is 4. The molecule has 0 spiro atoms. The minimum absolute atomic E-state index is 0.0300. The van der Waals surface area contributed by atoms with E-state index >= 15 is 0 Å². The molecule has 1 aliphatic heterocycles. The number of hydrogen-bond acceptors (Lipinski definition) is 4. The molecule has 0 unspecified atom stereocenters. The smallest absolute Gasteiger partial charge is 0.335 e. The lowest BCUT2D eigenvalue weighted by atomic mass is 10.1. The van der Waals surface area contributed by atoms with Crippen LogP contribution >= 0.6 is 39.1 Å². The van der Waals surface area contributed by atoms with Crippen LogP contribution in [-0.2, 0) is 16.2 Å². The third-order valence-corrected chi connectivity index (χ3v) is 6.56. The quantitative estimate of drug-likeness (QED) is 0.279. The fraction of sp³-hybridized carbons (Fsp3) is 0.0800. The number of nitrogens with one attached hydrogen (secondary N) is 1. The zero-order valence-electron chi connectivity index (χ0n) is 18.1. The van der Waals surface area contributed by atoms with Crippen molar-refractivity contribution in [3.05, 3.63) is 97.2 Å². The molecule has 4 rings (SSSR count). The summed E-state index contributed by atoms with van der Waals surface area (Å²) < 4.78 is 19.8. The first kappa shape index (κ1) is 24.9. The van der Waals surface area contributed by atoms with E-state index in [1.54, 1.807) is 30.3 Å². The lowest BCUT2D eigenvalue weighted by Gasteiger charge is -2.26. The predicted octanol–water partition coefficient (Wildman–Crippen LogP) is 6.45. The van der Waals surface area contributed by atoms with E-state index < -0.39 is 23.7 Å². The van der Waals surface area contributed by atoms with Gasteiger partial charge in [-0.25, -0.2) is 14.1 Å². The van der Waals surface area contributed by atoms with Crippen molar-refractivity contribution in [2.45, 2.75) is 13.5 Å². The van der Waals surface area contributed by atoms with Gasteiger partial charge in [-0.05, 0) is 72.2 Å². The highest BCUT2D eigenvalue weighted by molar-refractivity contribution is 9.10. The second kappa shape index (κ2) is 10.2. The Morgan fingerprint density at radius 1 is 1.06 bits per heavy atom. The van der Waals surface area contributed by atoms with Crippen molar-refractivity contribution in [3.8, 4) is 5.75 Å². The number of anilines is 1. The molecule has 0 atom stereocenters. The summed E-state index contributed by atoms with van der Waals surface area (Å²) in [6.07, 6.45) is 1.29. The van der Waals surface area contributed by atoms with Crippen molar-refractivity contribution in [2.24, 2.45) is 0 Å². The SMILES string of the molecule is Cc1cc(N2C(=O)NC(=O)/C(=C\c3cc(Cl)c(OCc4cccc(F)c4)c(Cl)c3)C2=O)ccc1Br. The summed E-state index contributed by atoms with van der Waals surface area (Å²) in [5.74, 6) is -1.87. The molecule has 1 fully saturated rings. The van der Waals surface area contributed by atoms with Gasteiger partial charge in [-0.1, -0.05) is 51.3 Å². The molecule has 6 nitrogen and oxygen atoms in total. The van der Waals surface area contributed by atoms with Gasteiger partial charge in [0.15, 0.2) is 5.75 Å². The van der Waals surface area contributed by atoms with Crippen molar-refractivity contribution < 1.29 is 23.5 Å². The molecule has 4 amide bonds. The molecular weight excluding hydrogens is 562 g/mol. The lowest BCUT2D eigenvalue weighted by Crippen LogP contribution is -2.54. The molecule has 0 aliphatic carbocycles. The molecule has 1 N–H and O–H groups in total. The number of aryl methyl sites for hydroxylation is 1. The Morgan fingerprint density at radius 3 is 2.43 bits per heavy atom. The van der Waals surface area contributed by atoms with E-state index in [9.17, 15) is 18.8 Å². The summed E-state index contributed by atoms with van der Waals surface area (Å²) in [7, 11) is 0. The molecule has 1 saturated heterocycles. The first-order valence-corrected chi connectivity index (χ1v) is 11.7. The largest absolute Gasteiger partial charge is 0.486 e. The van der Waals surface area contributed by atoms with Gasteiger partial charge in [0.2, 0.25) is 0 Å². The molecule has 0 radical (unpaired) electrons. The predicted molar refractivity (Wildman–Crippen MR) is 135 cm³/mol. The number of rotatable bonds is 5. The van der Waals surface area contributed by atoms with Crippen molar-refractivity contribution in [3.63, 3.8) is 0 Å². The number of amides is 4. The average Bonchev–Trinajstić information content (AvgIpc) is 2.78. The van der Waals surface area contributed by atoms with Crippen LogP contribution < -0.4 is 15.0 Å². The maximum Gasteiger partial charge on any atom is 0.335 e. The minimum atomic E-state index is -0.851. The Hall–Kier alpha value is -3.20. The second-order valence-corrected chi connectivity index (χ2v) is 9.29. The van der Waals surface area contributed by atoms with Crippen LogP contribution in [0.25, 0.3) is 6.08 Å². The number of nitrogens with zero attached hydrogens (tertiary/aromatic N) is 1. The van der Waals surface area contributed by atoms with Crippen molar-refractivity contribution >= 4 is 68.7 Å². The van der Waals surface area contributed by atoms with Gasteiger partial charge in [0.25, 0.3) is 11.8 Å². The summed E-state index contributed by atoms with van der Waals surface area (Å²) in [6.45, 7) is 1.84. The molecule has 1 aliphatic rings. The van der Waals surface area contributed by atoms with Gasteiger partial charge >= 0.3 is 6.03 Å². The summed E-state index contributed by atoms with van der Waals surface area (Å²) in [5.41, 5.74) is 1.77.